The highest BCUT2D eigenvalue weighted by molar-refractivity contribution is 4.82. The molecule has 1 rings (SSSR count). The Morgan fingerprint density at radius 3 is 2.75 bits per heavy atom. The number of aliphatic hydroxyl groups is 1. The molecule has 0 aliphatic carbocycles. The Morgan fingerprint density at radius 1 is 1.75 bits per heavy atom. The third kappa shape index (κ3) is 1.18. The predicted octanol–water partition coefficient (Wildman–Crippen LogP) is -1.33. The molecule has 0 amide bonds. The van der Waals surface area contributed by atoms with Gasteiger partial charge in [-0.2, -0.15) is 0 Å². The van der Waals surface area contributed by atoms with Crippen molar-refractivity contribution in [3.8, 4) is 0 Å². The van der Waals surface area contributed by atoms with Crippen molar-refractivity contribution in [2.45, 2.75) is 18.5 Å². The van der Waals surface area contributed by atoms with Crippen molar-refractivity contribution in [2.75, 3.05) is 13.2 Å². The van der Waals surface area contributed by atoms with Crippen LogP contribution in [0, 0.1) is 0 Å². The van der Waals surface area contributed by atoms with Crippen LogP contribution >= 0.6 is 0 Å². The number of aliphatic hydroxyl groups excluding tert-OH is 1. The molecule has 3 heteroatoms. The van der Waals surface area contributed by atoms with E-state index in [1.807, 2.05) is 0 Å². The van der Waals surface area contributed by atoms with Crippen molar-refractivity contribution in [2.24, 2.45) is 5.73 Å². The molecule has 4 N–H and O–H groups in total. The summed E-state index contributed by atoms with van der Waals surface area (Å²) in [5.41, 5.74) is 5.53. The molecule has 2 atom stereocenters. The summed E-state index contributed by atoms with van der Waals surface area (Å²) in [6.07, 6.45) is 0.913. The highest BCUT2D eigenvalue weighted by Crippen LogP contribution is 2.01. The zero-order valence-corrected chi connectivity index (χ0v) is 4.80. The molecule has 1 aliphatic rings. The summed E-state index contributed by atoms with van der Waals surface area (Å²) in [5.74, 6) is 0. The summed E-state index contributed by atoms with van der Waals surface area (Å²) in [4.78, 5) is 0. The maximum absolute atomic E-state index is 8.57. The summed E-state index contributed by atoms with van der Waals surface area (Å²) in [6.45, 7) is 1.07. The molecule has 8 heavy (non-hydrogen) atoms. The first kappa shape index (κ1) is 6.01. The average Bonchev–Trinajstić information content (AvgIpc) is 2.14. The lowest BCUT2D eigenvalue weighted by Gasteiger charge is -2.01. The molecule has 0 aromatic heterocycles. The fourth-order valence-corrected chi connectivity index (χ4v) is 0.989. The van der Waals surface area contributed by atoms with Gasteiger partial charge in [0, 0.05) is 18.6 Å². The number of rotatable bonds is 1. The van der Waals surface area contributed by atoms with Crippen LogP contribution in [-0.4, -0.2) is 30.3 Å². The minimum Gasteiger partial charge on any atom is -0.395 e. The zero-order valence-electron chi connectivity index (χ0n) is 4.80. The average molecular weight is 116 g/mol. The third-order valence-electron chi connectivity index (χ3n) is 1.48. The van der Waals surface area contributed by atoms with E-state index < -0.39 is 0 Å². The first-order chi connectivity index (χ1) is 3.83. The van der Waals surface area contributed by atoms with Gasteiger partial charge in [-0.05, 0) is 6.42 Å². The maximum atomic E-state index is 8.57. The molecule has 1 heterocycles. The van der Waals surface area contributed by atoms with E-state index in [0.717, 1.165) is 13.0 Å². The fourth-order valence-electron chi connectivity index (χ4n) is 0.989. The second kappa shape index (κ2) is 2.44. The van der Waals surface area contributed by atoms with Gasteiger partial charge in [0.15, 0.2) is 0 Å². The number of nitrogens with one attached hydrogen (secondary N) is 1. The second-order valence-corrected chi connectivity index (χ2v) is 2.28. The molecular weight excluding hydrogens is 104 g/mol. The first-order valence-corrected chi connectivity index (χ1v) is 2.92. The molecule has 48 valence electrons. The quantitative estimate of drug-likeness (QED) is 0.398. The topological polar surface area (TPSA) is 58.3 Å². The van der Waals surface area contributed by atoms with E-state index in [4.69, 9.17) is 10.8 Å². The molecule has 0 aromatic carbocycles. The molecule has 0 unspecified atom stereocenters. The van der Waals surface area contributed by atoms with Gasteiger partial charge in [-0.1, -0.05) is 0 Å². The lowest BCUT2D eigenvalue weighted by atomic mass is 10.2. The lowest BCUT2D eigenvalue weighted by Crippen LogP contribution is -2.25. The van der Waals surface area contributed by atoms with Gasteiger partial charge in [-0.25, -0.2) is 0 Å². The fraction of sp³-hybridized carbons (Fsp3) is 1.00. The van der Waals surface area contributed by atoms with Crippen LogP contribution in [0.25, 0.3) is 0 Å². The monoisotopic (exact) mass is 116 g/mol. The third-order valence-corrected chi connectivity index (χ3v) is 1.48. The van der Waals surface area contributed by atoms with Crippen LogP contribution in [-0.2, 0) is 0 Å². The van der Waals surface area contributed by atoms with Crippen molar-refractivity contribution in [3.63, 3.8) is 0 Å². The summed E-state index contributed by atoms with van der Waals surface area (Å²) in [5, 5.41) is 11.6. The molecule has 0 spiro atoms. The van der Waals surface area contributed by atoms with Crippen molar-refractivity contribution in [3.05, 3.63) is 0 Å². The molecule has 1 aliphatic heterocycles. The molecular formula is C5H12N2O. The Kier molecular flexibility index (Phi) is 1.83. The van der Waals surface area contributed by atoms with Crippen LogP contribution in [0.15, 0.2) is 0 Å². The van der Waals surface area contributed by atoms with Gasteiger partial charge >= 0.3 is 0 Å². The molecule has 0 radical (unpaired) electrons. The first-order valence-electron chi connectivity index (χ1n) is 2.92. The van der Waals surface area contributed by atoms with Crippen LogP contribution in [0.3, 0.4) is 0 Å². The summed E-state index contributed by atoms with van der Waals surface area (Å²) in [6, 6.07) is 0.511. The predicted molar refractivity (Wildman–Crippen MR) is 31.5 cm³/mol. The van der Waals surface area contributed by atoms with Crippen LogP contribution in [0.1, 0.15) is 6.42 Å². The second-order valence-electron chi connectivity index (χ2n) is 2.28. The van der Waals surface area contributed by atoms with E-state index >= 15 is 0 Å². The van der Waals surface area contributed by atoms with Gasteiger partial charge in [0.05, 0.1) is 6.61 Å². The van der Waals surface area contributed by atoms with E-state index in [9.17, 15) is 0 Å². The summed E-state index contributed by atoms with van der Waals surface area (Å²) < 4.78 is 0. The van der Waals surface area contributed by atoms with E-state index in [0.29, 0.717) is 0 Å². The van der Waals surface area contributed by atoms with E-state index in [1.165, 1.54) is 0 Å². The Bertz CT molecular complexity index is 76.8. The van der Waals surface area contributed by atoms with Gasteiger partial charge in [0.2, 0.25) is 0 Å². The van der Waals surface area contributed by atoms with Crippen molar-refractivity contribution in [1.82, 2.24) is 5.32 Å². The SMILES string of the molecule is N[C@@H]1CN[C@H](CO)C1. The normalized spacial score (nSPS) is 38.2. The van der Waals surface area contributed by atoms with Gasteiger partial charge in [0.1, 0.15) is 0 Å². The van der Waals surface area contributed by atoms with Crippen LogP contribution in [0.2, 0.25) is 0 Å². The van der Waals surface area contributed by atoms with Gasteiger partial charge in [-0.15, -0.1) is 0 Å². The molecule has 0 aromatic rings. The summed E-state index contributed by atoms with van der Waals surface area (Å²) in [7, 11) is 0. The molecule has 3 nitrogen and oxygen atoms in total. The van der Waals surface area contributed by atoms with Crippen LogP contribution in [0.4, 0.5) is 0 Å². The van der Waals surface area contributed by atoms with Crippen molar-refractivity contribution >= 4 is 0 Å². The number of hydrogen-bond donors (Lipinski definition) is 3. The minimum absolute atomic E-state index is 0.216. The maximum Gasteiger partial charge on any atom is 0.0585 e. The lowest BCUT2D eigenvalue weighted by molar-refractivity contribution is 0.254. The number of hydrogen-bond acceptors (Lipinski definition) is 3. The van der Waals surface area contributed by atoms with E-state index in [-0.39, 0.29) is 18.7 Å². The smallest absolute Gasteiger partial charge is 0.0585 e. The van der Waals surface area contributed by atoms with E-state index in [1.54, 1.807) is 0 Å². The Balaban J connectivity index is 2.22. The molecule has 0 bridgehead atoms. The standard InChI is InChI=1S/C5H12N2O/c6-4-1-5(3-8)7-2-4/h4-5,7-8H,1-3,6H2/t4-,5-/m0/s1. The Morgan fingerprint density at radius 2 is 2.50 bits per heavy atom. The molecule has 0 saturated carbocycles. The van der Waals surface area contributed by atoms with Crippen LogP contribution in [0.5, 0.6) is 0 Å². The summed E-state index contributed by atoms with van der Waals surface area (Å²) >= 11 is 0. The largest absolute Gasteiger partial charge is 0.395 e. The van der Waals surface area contributed by atoms with Gasteiger partial charge in [0.25, 0.3) is 0 Å². The molecule has 1 saturated heterocycles. The Labute approximate surface area is 48.9 Å². The molecule has 1 fully saturated rings. The Hall–Kier alpha value is -0.120. The minimum atomic E-state index is 0.216. The highest BCUT2D eigenvalue weighted by Gasteiger charge is 2.18. The van der Waals surface area contributed by atoms with Crippen molar-refractivity contribution < 1.29 is 5.11 Å². The van der Waals surface area contributed by atoms with E-state index in [2.05, 4.69) is 5.32 Å². The highest BCUT2D eigenvalue weighted by atomic mass is 16.3. The zero-order chi connectivity index (χ0) is 5.98. The van der Waals surface area contributed by atoms with Crippen molar-refractivity contribution in [1.29, 1.82) is 0 Å². The number of nitrogens with two attached hydrogens (primary N) is 1. The van der Waals surface area contributed by atoms with Gasteiger partial charge < -0.3 is 16.2 Å². The van der Waals surface area contributed by atoms with Gasteiger partial charge in [-0.3, -0.25) is 0 Å². The van der Waals surface area contributed by atoms with Crippen LogP contribution < -0.4 is 11.1 Å².